The molecule has 126 valence electrons. The van der Waals surface area contributed by atoms with Gasteiger partial charge in [-0.15, -0.1) is 0 Å². The quantitative estimate of drug-likeness (QED) is 0.819. The highest BCUT2D eigenvalue weighted by atomic mass is 16.5. The summed E-state index contributed by atoms with van der Waals surface area (Å²) in [6, 6.07) is 8.25. The molecule has 24 heavy (non-hydrogen) atoms. The Bertz CT molecular complexity index is 809. The molecular formula is C19H22N2O3. The van der Waals surface area contributed by atoms with E-state index in [4.69, 9.17) is 9.47 Å². The summed E-state index contributed by atoms with van der Waals surface area (Å²) in [7, 11) is 0. The Labute approximate surface area is 141 Å². The predicted molar refractivity (Wildman–Crippen MR) is 91.2 cm³/mol. The van der Waals surface area contributed by atoms with Crippen molar-refractivity contribution in [1.29, 1.82) is 0 Å². The Hall–Kier alpha value is -2.14. The molecule has 0 saturated heterocycles. The topological polar surface area (TPSA) is 53.4 Å². The number of hydrogen-bond acceptors (Lipinski definition) is 4. The molecule has 0 amide bonds. The van der Waals surface area contributed by atoms with E-state index in [1.54, 1.807) is 4.57 Å². The highest BCUT2D eigenvalue weighted by Crippen LogP contribution is 2.31. The third kappa shape index (κ3) is 3.08. The molecule has 5 nitrogen and oxygen atoms in total. The summed E-state index contributed by atoms with van der Waals surface area (Å²) < 4.78 is 12.9. The molecule has 0 bridgehead atoms. The van der Waals surface area contributed by atoms with Gasteiger partial charge in [-0.05, 0) is 43.2 Å². The predicted octanol–water partition coefficient (Wildman–Crippen LogP) is 2.79. The lowest BCUT2D eigenvalue weighted by atomic mass is 9.96. The molecule has 0 atom stereocenters. The van der Waals surface area contributed by atoms with E-state index in [0.29, 0.717) is 25.6 Å². The molecule has 5 heteroatoms. The van der Waals surface area contributed by atoms with E-state index in [-0.39, 0.29) is 5.69 Å². The largest absolute Gasteiger partial charge is 0.478 e. The number of fused-ring (bicyclic) bond motifs is 3. The second-order valence-corrected chi connectivity index (χ2v) is 6.55. The minimum absolute atomic E-state index is 0.238. The van der Waals surface area contributed by atoms with Gasteiger partial charge in [0.2, 0.25) is 5.88 Å². The number of nitrogens with zero attached hydrogens (tertiary/aromatic N) is 2. The van der Waals surface area contributed by atoms with Gasteiger partial charge in [0.1, 0.15) is 0 Å². The first-order chi connectivity index (χ1) is 11.7. The molecule has 4 rings (SSSR count). The Morgan fingerprint density at radius 1 is 1.29 bits per heavy atom. The van der Waals surface area contributed by atoms with Crippen LogP contribution in [-0.4, -0.2) is 22.8 Å². The van der Waals surface area contributed by atoms with Crippen LogP contribution in [0.5, 0.6) is 5.88 Å². The second-order valence-electron chi connectivity index (χ2n) is 6.55. The molecule has 2 aliphatic rings. The molecule has 1 fully saturated rings. The van der Waals surface area contributed by atoms with Gasteiger partial charge in [0.25, 0.3) is 0 Å². The summed E-state index contributed by atoms with van der Waals surface area (Å²) in [5, 5.41) is 0. The minimum Gasteiger partial charge on any atom is -0.478 e. The number of benzene rings is 1. The summed E-state index contributed by atoms with van der Waals surface area (Å²) in [4.78, 5) is 16.2. The van der Waals surface area contributed by atoms with Crippen LogP contribution in [0.2, 0.25) is 0 Å². The molecule has 2 heterocycles. The summed E-state index contributed by atoms with van der Waals surface area (Å²) in [6.07, 6.45) is 3.46. The van der Waals surface area contributed by atoms with Gasteiger partial charge in [0.05, 0.1) is 18.9 Å². The van der Waals surface area contributed by atoms with Crippen LogP contribution in [0.1, 0.15) is 30.9 Å². The summed E-state index contributed by atoms with van der Waals surface area (Å²) in [6.45, 7) is 4.59. The summed E-state index contributed by atoms with van der Waals surface area (Å²) in [5.74, 6) is 1.18. The first-order valence-corrected chi connectivity index (χ1v) is 8.69. The van der Waals surface area contributed by atoms with Gasteiger partial charge in [-0.3, -0.25) is 4.57 Å². The van der Waals surface area contributed by atoms with Crippen molar-refractivity contribution in [3.63, 3.8) is 0 Å². The maximum absolute atomic E-state index is 12.2. The van der Waals surface area contributed by atoms with Gasteiger partial charge >= 0.3 is 5.69 Å². The van der Waals surface area contributed by atoms with Crippen LogP contribution >= 0.6 is 0 Å². The molecule has 0 spiro atoms. The Kier molecular flexibility index (Phi) is 4.10. The van der Waals surface area contributed by atoms with Crippen LogP contribution in [-0.2, 0) is 24.3 Å². The van der Waals surface area contributed by atoms with Gasteiger partial charge in [-0.2, -0.15) is 4.98 Å². The normalized spacial score (nSPS) is 15.7. The summed E-state index contributed by atoms with van der Waals surface area (Å²) in [5.41, 5.74) is 4.20. The zero-order valence-electron chi connectivity index (χ0n) is 14.0. The Balaban J connectivity index is 1.61. The average molecular weight is 326 g/mol. The van der Waals surface area contributed by atoms with E-state index < -0.39 is 0 Å². The molecule has 2 aromatic rings. The average Bonchev–Trinajstić information content (AvgIpc) is 3.39. The monoisotopic (exact) mass is 326 g/mol. The highest BCUT2D eigenvalue weighted by molar-refractivity contribution is 5.67. The maximum atomic E-state index is 12.2. The highest BCUT2D eigenvalue weighted by Gasteiger charge is 2.22. The van der Waals surface area contributed by atoms with E-state index in [0.717, 1.165) is 30.2 Å². The lowest BCUT2D eigenvalue weighted by Gasteiger charge is -2.22. The van der Waals surface area contributed by atoms with Crippen LogP contribution in [0.15, 0.2) is 29.1 Å². The van der Waals surface area contributed by atoms with E-state index in [1.807, 2.05) is 13.0 Å². The minimum atomic E-state index is -0.238. The SMILES string of the molecule is CCOc1cc2n(c(=O)n1)CCc1cc(COCC3CC3)ccc1-2. The van der Waals surface area contributed by atoms with E-state index in [9.17, 15) is 4.79 Å². The molecule has 1 aliphatic heterocycles. The molecule has 0 unspecified atom stereocenters. The van der Waals surface area contributed by atoms with Crippen LogP contribution in [0, 0.1) is 5.92 Å². The zero-order chi connectivity index (χ0) is 16.5. The number of rotatable bonds is 6. The van der Waals surface area contributed by atoms with Crippen molar-refractivity contribution >= 4 is 0 Å². The van der Waals surface area contributed by atoms with E-state index in [1.165, 1.54) is 24.0 Å². The number of aromatic nitrogens is 2. The molecule has 0 N–H and O–H groups in total. The van der Waals surface area contributed by atoms with E-state index >= 15 is 0 Å². The Morgan fingerprint density at radius 2 is 2.17 bits per heavy atom. The van der Waals surface area contributed by atoms with Crippen molar-refractivity contribution in [3.8, 4) is 17.1 Å². The van der Waals surface area contributed by atoms with Crippen molar-refractivity contribution in [1.82, 2.24) is 9.55 Å². The van der Waals surface area contributed by atoms with Crippen LogP contribution < -0.4 is 10.4 Å². The van der Waals surface area contributed by atoms with Gasteiger partial charge in [0.15, 0.2) is 0 Å². The molecule has 0 radical (unpaired) electrons. The zero-order valence-corrected chi connectivity index (χ0v) is 14.0. The molecule has 1 aliphatic carbocycles. The number of ether oxygens (including phenoxy) is 2. The summed E-state index contributed by atoms with van der Waals surface area (Å²) >= 11 is 0. The second kappa shape index (κ2) is 6.40. The van der Waals surface area contributed by atoms with Crippen molar-refractivity contribution in [2.75, 3.05) is 13.2 Å². The van der Waals surface area contributed by atoms with Gasteiger partial charge < -0.3 is 9.47 Å². The molecular weight excluding hydrogens is 304 g/mol. The van der Waals surface area contributed by atoms with Crippen molar-refractivity contribution in [3.05, 3.63) is 45.9 Å². The van der Waals surface area contributed by atoms with Crippen LogP contribution in [0.4, 0.5) is 0 Å². The van der Waals surface area contributed by atoms with Crippen LogP contribution in [0.25, 0.3) is 11.3 Å². The van der Waals surface area contributed by atoms with Crippen molar-refractivity contribution in [2.24, 2.45) is 5.92 Å². The standard InChI is InChI=1S/C19H22N2O3/c1-2-24-18-10-17-16-6-5-14(12-23-11-13-3-4-13)9-15(16)7-8-21(17)19(22)20-18/h5-6,9-10,13H,2-4,7-8,11-12H2,1H3. The number of aryl methyl sites for hydroxylation is 1. The Morgan fingerprint density at radius 3 is 2.96 bits per heavy atom. The maximum Gasteiger partial charge on any atom is 0.351 e. The number of hydrogen-bond donors (Lipinski definition) is 0. The lowest BCUT2D eigenvalue weighted by molar-refractivity contribution is 0.111. The van der Waals surface area contributed by atoms with Gasteiger partial charge in [0, 0.05) is 24.8 Å². The van der Waals surface area contributed by atoms with Crippen LogP contribution in [0.3, 0.4) is 0 Å². The fraction of sp³-hybridized carbons (Fsp3) is 0.474. The molecule has 1 aromatic carbocycles. The first-order valence-electron chi connectivity index (χ1n) is 8.69. The third-order valence-electron chi connectivity index (χ3n) is 4.65. The fourth-order valence-corrected chi connectivity index (χ4v) is 3.20. The van der Waals surface area contributed by atoms with E-state index in [2.05, 4.69) is 23.2 Å². The van der Waals surface area contributed by atoms with Crippen molar-refractivity contribution in [2.45, 2.75) is 39.3 Å². The van der Waals surface area contributed by atoms with Gasteiger partial charge in [-0.1, -0.05) is 18.2 Å². The molecule has 1 saturated carbocycles. The molecule has 1 aromatic heterocycles. The van der Waals surface area contributed by atoms with Crippen molar-refractivity contribution < 1.29 is 9.47 Å². The fourth-order valence-electron chi connectivity index (χ4n) is 3.20. The van der Waals surface area contributed by atoms with Gasteiger partial charge in [-0.25, -0.2) is 4.79 Å². The first kappa shape index (κ1) is 15.4. The smallest absolute Gasteiger partial charge is 0.351 e. The third-order valence-corrected chi connectivity index (χ3v) is 4.65. The lowest BCUT2D eigenvalue weighted by Crippen LogP contribution is -2.28.